The summed E-state index contributed by atoms with van der Waals surface area (Å²) in [7, 11) is -3.57. The first kappa shape index (κ1) is 14.4. The molecule has 0 rings (SSSR count). The van der Waals surface area contributed by atoms with E-state index in [9.17, 15) is 13.2 Å². The van der Waals surface area contributed by atoms with Crippen molar-refractivity contribution in [3.8, 4) is 0 Å². The van der Waals surface area contributed by atoms with Gasteiger partial charge in [0.25, 0.3) is 0 Å². The van der Waals surface area contributed by atoms with Crippen molar-refractivity contribution in [1.29, 1.82) is 0 Å². The van der Waals surface area contributed by atoms with E-state index in [-0.39, 0.29) is 12.4 Å². The molecule has 0 aromatic heterocycles. The van der Waals surface area contributed by atoms with Gasteiger partial charge < -0.3 is 9.84 Å². The smallest absolute Gasteiger partial charge is 0.321 e. The topological polar surface area (TPSA) is 80.7 Å². The molecule has 0 radical (unpaired) electrons. The average molecular weight is 238 g/mol. The van der Waals surface area contributed by atoms with E-state index in [1.54, 1.807) is 0 Å². The van der Waals surface area contributed by atoms with Crippen molar-refractivity contribution in [3.63, 3.8) is 0 Å². The van der Waals surface area contributed by atoms with Crippen LogP contribution in [0.25, 0.3) is 0 Å². The van der Waals surface area contributed by atoms with Crippen molar-refractivity contribution < 1.29 is 23.1 Å². The highest BCUT2D eigenvalue weighted by Crippen LogP contribution is 2.02. The molecule has 0 amide bonds. The van der Waals surface area contributed by atoms with Gasteiger partial charge in [0, 0.05) is 6.61 Å². The van der Waals surface area contributed by atoms with Crippen LogP contribution in [0.3, 0.4) is 0 Å². The molecule has 90 valence electrons. The number of sulfone groups is 1. The highest BCUT2D eigenvalue weighted by molar-refractivity contribution is 7.92. The minimum Gasteiger partial charge on any atom is -0.480 e. The van der Waals surface area contributed by atoms with Gasteiger partial charge in [-0.3, -0.25) is 4.79 Å². The molecule has 0 aromatic carbocycles. The highest BCUT2D eigenvalue weighted by atomic mass is 32.2. The summed E-state index contributed by atoms with van der Waals surface area (Å²) in [6, 6.07) is 0. The second-order valence-corrected chi connectivity index (χ2v) is 5.75. The van der Waals surface area contributed by atoms with Crippen LogP contribution < -0.4 is 0 Å². The fourth-order valence-corrected chi connectivity index (χ4v) is 1.86. The van der Waals surface area contributed by atoms with Gasteiger partial charge >= 0.3 is 5.97 Å². The zero-order valence-corrected chi connectivity index (χ0v) is 9.92. The molecule has 0 saturated carbocycles. The van der Waals surface area contributed by atoms with E-state index in [2.05, 4.69) is 0 Å². The highest BCUT2D eigenvalue weighted by Gasteiger charge is 2.26. The van der Waals surface area contributed by atoms with Crippen LogP contribution >= 0.6 is 0 Å². The lowest BCUT2D eigenvalue weighted by atomic mass is 10.4. The summed E-state index contributed by atoms with van der Waals surface area (Å²) in [5.41, 5.74) is 0. The number of hydrogen-bond donors (Lipinski definition) is 1. The SMILES string of the molecule is CCCCOCCS(=O)(=O)C(C)C(=O)O. The normalized spacial score (nSPS) is 13.7. The molecule has 15 heavy (non-hydrogen) atoms. The Morgan fingerprint density at radius 1 is 1.40 bits per heavy atom. The molecule has 1 unspecified atom stereocenters. The number of rotatable bonds is 8. The first-order valence-corrected chi connectivity index (χ1v) is 6.65. The van der Waals surface area contributed by atoms with E-state index in [0.29, 0.717) is 6.61 Å². The molecule has 0 spiro atoms. The van der Waals surface area contributed by atoms with Crippen LogP contribution in [0.5, 0.6) is 0 Å². The second kappa shape index (κ2) is 6.79. The predicted octanol–water partition coefficient (Wildman–Crippen LogP) is 0.691. The lowest BCUT2D eigenvalue weighted by molar-refractivity contribution is -0.136. The van der Waals surface area contributed by atoms with Gasteiger partial charge in [0.15, 0.2) is 15.1 Å². The summed E-state index contributed by atoms with van der Waals surface area (Å²) in [6.45, 7) is 3.77. The van der Waals surface area contributed by atoms with Gasteiger partial charge in [0.2, 0.25) is 0 Å². The summed E-state index contributed by atoms with van der Waals surface area (Å²) in [6.07, 6.45) is 1.87. The molecule has 0 aliphatic heterocycles. The van der Waals surface area contributed by atoms with E-state index in [1.807, 2.05) is 6.92 Å². The Hall–Kier alpha value is -0.620. The molecule has 0 aromatic rings. The quantitative estimate of drug-likeness (QED) is 0.629. The Morgan fingerprint density at radius 3 is 2.47 bits per heavy atom. The molecule has 0 aliphatic carbocycles. The summed E-state index contributed by atoms with van der Waals surface area (Å²) < 4.78 is 27.8. The molecule has 1 N–H and O–H groups in total. The molecule has 1 atom stereocenters. The van der Waals surface area contributed by atoms with Crippen molar-refractivity contribution in [1.82, 2.24) is 0 Å². The lowest BCUT2D eigenvalue weighted by Crippen LogP contribution is -2.30. The average Bonchev–Trinajstić information content (AvgIpc) is 2.16. The number of unbranched alkanes of at least 4 members (excludes halogenated alkanes) is 1. The van der Waals surface area contributed by atoms with Crippen LogP contribution in [0.2, 0.25) is 0 Å². The Kier molecular flexibility index (Phi) is 6.51. The monoisotopic (exact) mass is 238 g/mol. The van der Waals surface area contributed by atoms with Crippen LogP contribution in [0, 0.1) is 0 Å². The molecule has 0 heterocycles. The first-order chi connectivity index (χ1) is 6.91. The maximum atomic E-state index is 11.3. The molecule has 6 heteroatoms. The Balaban J connectivity index is 3.90. The molecule has 5 nitrogen and oxygen atoms in total. The predicted molar refractivity (Wildman–Crippen MR) is 56.6 cm³/mol. The lowest BCUT2D eigenvalue weighted by Gasteiger charge is -2.08. The van der Waals surface area contributed by atoms with Crippen molar-refractivity contribution in [2.75, 3.05) is 19.0 Å². The number of ether oxygens (including phenoxy) is 1. The van der Waals surface area contributed by atoms with Crippen LogP contribution in [-0.4, -0.2) is 43.7 Å². The maximum Gasteiger partial charge on any atom is 0.321 e. The minimum atomic E-state index is -3.57. The minimum absolute atomic E-state index is 0.0694. The summed E-state index contributed by atoms with van der Waals surface area (Å²) in [4.78, 5) is 10.5. The molecular weight excluding hydrogens is 220 g/mol. The van der Waals surface area contributed by atoms with Crippen molar-refractivity contribution in [2.45, 2.75) is 31.9 Å². The third kappa shape index (κ3) is 5.74. The van der Waals surface area contributed by atoms with E-state index < -0.39 is 21.1 Å². The fraction of sp³-hybridized carbons (Fsp3) is 0.889. The van der Waals surface area contributed by atoms with Crippen molar-refractivity contribution in [3.05, 3.63) is 0 Å². The van der Waals surface area contributed by atoms with Gasteiger partial charge in [-0.2, -0.15) is 0 Å². The van der Waals surface area contributed by atoms with Gasteiger partial charge in [-0.05, 0) is 13.3 Å². The van der Waals surface area contributed by atoms with Crippen molar-refractivity contribution >= 4 is 15.8 Å². The Morgan fingerprint density at radius 2 is 2.00 bits per heavy atom. The van der Waals surface area contributed by atoms with E-state index in [0.717, 1.165) is 12.8 Å². The zero-order valence-electron chi connectivity index (χ0n) is 9.10. The molecule has 0 fully saturated rings. The largest absolute Gasteiger partial charge is 0.480 e. The Labute approximate surface area is 90.4 Å². The van der Waals surface area contributed by atoms with Gasteiger partial charge in [-0.1, -0.05) is 13.3 Å². The molecule has 0 bridgehead atoms. The summed E-state index contributed by atoms with van der Waals surface area (Å²) >= 11 is 0. The zero-order chi connectivity index (χ0) is 11.9. The van der Waals surface area contributed by atoms with Crippen LogP contribution in [-0.2, 0) is 19.4 Å². The molecule has 0 saturated heterocycles. The molecule has 0 aliphatic rings. The summed E-state index contributed by atoms with van der Waals surface area (Å²) in [5.74, 6) is -1.55. The summed E-state index contributed by atoms with van der Waals surface area (Å²) in [5, 5.41) is 7.18. The van der Waals surface area contributed by atoms with E-state index in [4.69, 9.17) is 9.84 Å². The third-order valence-corrected chi connectivity index (χ3v) is 4.06. The number of carboxylic acids is 1. The van der Waals surface area contributed by atoms with Gasteiger partial charge in [0.1, 0.15) is 0 Å². The van der Waals surface area contributed by atoms with Gasteiger partial charge in [0.05, 0.1) is 12.4 Å². The number of aliphatic carboxylic acids is 1. The third-order valence-electron chi connectivity index (χ3n) is 2.04. The first-order valence-electron chi connectivity index (χ1n) is 4.94. The van der Waals surface area contributed by atoms with Gasteiger partial charge in [-0.25, -0.2) is 8.42 Å². The van der Waals surface area contributed by atoms with Crippen LogP contribution in [0.4, 0.5) is 0 Å². The van der Waals surface area contributed by atoms with E-state index in [1.165, 1.54) is 6.92 Å². The second-order valence-electron chi connectivity index (χ2n) is 3.31. The maximum absolute atomic E-state index is 11.3. The van der Waals surface area contributed by atoms with Crippen LogP contribution in [0.1, 0.15) is 26.7 Å². The number of carbonyl (C=O) groups is 1. The number of hydrogen-bond acceptors (Lipinski definition) is 4. The Bertz CT molecular complexity index is 283. The van der Waals surface area contributed by atoms with Crippen LogP contribution in [0.15, 0.2) is 0 Å². The van der Waals surface area contributed by atoms with Gasteiger partial charge in [-0.15, -0.1) is 0 Å². The standard InChI is InChI=1S/C9H18O5S/c1-3-4-5-14-6-7-15(12,13)8(2)9(10)11/h8H,3-7H2,1-2H3,(H,10,11). The fourth-order valence-electron chi connectivity index (χ4n) is 0.854. The number of carboxylic acid groups (broad SMARTS) is 1. The molecular formula is C9H18O5S. The van der Waals surface area contributed by atoms with Crippen molar-refractivity contribution in [2.24, 2.45) is 0 Å². The van der Waals surface area contributed by atoms with E-state index >= 15 is 0 Å².